The van der Waals surface area contributed by atoms with Gasteiger partial charge in [-0.3, -0.25) is 9.36 Å². The Bertz CT molecular complexity index is 1130. The highest BCUT2D eigenvalue weighted by atomic mass is 35.5. The van der Waals surface area contributed by atoms with Gasteiger partial charge < -0.3 is 4.90 Å². The zero-order chi connectivity index (χ0) is 23.4. The third kappa shape index (κ3) is 5.86. The van der Waals surface area contributed by atoms with Crippen LogP contribution in [-0.4, -0.2) is 44.4 Å². The fourth-order valence-corrected chi connectivity index (χ4v) is 5.24. The number of rotatable bonds is 7. The Morgan fingerprint density at radius 3 is 2.52 bits per heavy atom. The maximum atomic E-state index is 12.5. The summed E-state index contributed by atoms with van der Waals surface area (Å²) in [4.78, 5) is 14.5. The molecule has 1 aliphatic heterocycles. The van der Waals surface area contributed by atoms with Crippen molar-refractivity contribution in [1.29, 1.82) is 0 Å². The first kappa shape index (κ1) is 24.4. The average molecular weight is 524 g/mol. The second kappa shape index (κ2) is 11.1. The summed E-state index contributed by atoms with van der Waals surface area (Å²) in [6.45, 7) is 4.00. The van der Waals surface area contributed by atoms with Gasteiger partial charge >= 0.3 is 0 Å². The minimum atomic E-state index is 0.241. The molecule has 1 fully saturated rings. The van der Waals surface area contributed by atoms with Crippen LogP contribution in [0.1, 0.15) is 32.6 Å². The molecule has 9 heteroatoms. The van der Waals surface area contributed by atoms with E-state index in [2.05, 4.69) is 17.1 Å². The number of piperidine rings is 1. The van der Waals surface area contributed by atoms with Crippen molar-refractivity contribution in [3.8, 4) is 17.1 Å². The van der Waals surface area contributed by atoms with Crippen molar-refractivity contribution in [2.24, 2.45) is 5.92 Å². The van der Waals surface area contributed by atoms with Crippen LogP contribution in [0.2, 0.25) is 15.1 Å². The van der Waals surface area contributed by atoms with Gasteiger partial charge in [-0.05, 0) is 55.5 Å². The van der Waals surface area contributed by atoms with E-state index >= 15 is 0 Å². The lowest BCUT2D eigenvalue weighted by Crippen LogP contribution is -2.37. The lowest BCUT2D eigenvalue weighted by molar-refractivity contribution is -0.132. The summed E-state index contributed by atoms with van der Waals surface area (Å²) in [6.07, 6.45) is 3.50. The fraction of sp³-hybridized carbons (Fsp3) is 0.375. The molecular formula is C24H25Cl3N4OS. The summed E-state index contributed by atoms with van der Waals surface area (Å²) in [5.41, 5.74) is 1.57. The standard InChI is InChI=1S/C24H25Cl3N4OS/c1-16-10-12-30(13-11-16)22(32)7-4-14-33-24-29-28-23(18-5-2-3-6-19(18)25)31(24)17-8-9-20(26)21(27)15-17/h2-3,5-6,8-9,15-16H,4,7,10-14H2,1H3. The molecule has 2 aromatic carbocycles. The van der Waals surface area contributed by atoms with Gasteiger partial charge in [0.2, 0.25) is 5.91 Å². The van der Waals surface area contributed by atoms with Gasteiger partial charge in [-0.25, -0.2) is 0 Å². The van der Waals surface area contributed by atoms with E-state index in [0.717, 1.165) is 49.4 Å². The van der Waals surface area contributed by atoms with Crippen LogP contribution in [0.15, 0.2) is 47.6 Å². The van der Waals surface area contributed by atoms with Crippen molar-refractivity contribution in [1.82, 2.24) is 19.7 Å². The average Bonchev–Trinajstić information content (AvgIpc) is 3.23. The first-order valence-corrected chi connectivity index (χ1v) is 13.1. The number of benzene rings is 2. The Morgan fingerprint density at radius 1 is 1.03 bits per heavy atom. The Kier molecular flexibility index (Phi) is 8.23. The second-order valence-corrected chi connectivity index (χ2v) is 10.5. The van der Waals surface area contributed by atoms with Crippen molar-refractivity contribution < 1.29 is 4.79 Å². The Labute approximate surface area is 213 Å². The monoisotopic (exact) mass is 522 g/mol. The zero-order valence-electron chi connectivity index (χ0n) is 18.3. The van der Waals surface area contributed by atoms with E-state index in [4.69, 9.17) is 34.8 Å². The minimum absolute atomic E-state index is 0.241. The second-order valence-electron chi connectivity index (χ2n) is 8.24. The van der Waals surface area contributed by atoms with E-state index in [-0.39, 0.29) is 5.91 Å². The summed E-state index contributed by atoms with van der Waals surface area (Å²) < 4.78 is 1.93. The number of carbonyl (C=O) groups excluding carboxylic acids is 1. The predicted octanol–water partition coefficient (Wildman–Crippen LogP) is 7.03. The topological polar surface area (TPSA) is 51.0 Å². The number of hydrogen-bond donors (Lipinski definition) is 0. The van der Waals surface area contributed by atoms with Crippen LogP contribution in [0.3, 0.4) is 0 Å². The Balaban J connectivity index is 1.50. The van der Waals surface area contributed by atoms with Gasteiger partial charge in [0, 0.05) is 30.8 Å². The smallest absolute Gasteiger partial charge is 0.222 e. The molecule has 0 N–H and O–H groups in total. The van der Waals surface area contributed by atoms with Crippen LogP contribution < -0.4 is 0 Å². The van der Waals surface area contributed by atoms with Gasteiger partial charge in [0.15, 0.2) is 11.0 Å². The molecule has 1 aromatic heterocycles. The van der Waals surface area contributed by atoms with Crippen LogP contribution in [0.5, 0.6) is 0 Å². The zero-order valence-corrected chi connectivity index (χ0v) is 21.4. The molecule has 5 nitrogen and oxygen atoms in total. The van der Waals surface area contributed by atoms with Crippen LogP contribution >= 0.6 is 46.6 Å². The number of nitrogens with zero attached hydrogens (tertiary/aromatic N) is 4. The number of hydrogen-bond acceptors (Lipinski definition) is 4. The number of aromatic nitrogens is 3. The molecule has 0 radical (unpaired) electrons. The van der Waals surface area contributed by atoms with E-state index in [0.29, 0.717) is 38.4 Å². The molecule has 1 aliphatic rings. The highest BCUT2D eigenvalue weighted by Crippen LogP contribution is 2.34. The molecule has 0 saturated carbocycles. The van der Waals surface area contributed by atoms with Gasteiger partial charge in [0.05, 0.1) is 20.8 Å². The Morgan fingerprint density at radius 2 is 1.79 bits per heavy atom. The summed E-state index contributed by atoms with van der Waals surface area (Å²) in [5.74, 6) is 2.33. The van der Waals surface area contributed by atoms with E-state index in [1.807, 2.05) is 39.8 Å². The van der Waals surface area contributed by atoms with Gasteiger partial charge in [0.25, 0.3) is 0 Å². The van der Waals surface area contributed by atoms with E-state index < -0.39 is 0 Å². The lowest BCUT2D eigenvalue weighted by Gasteiger charge is -2.30. The van der Waals surface area contributed by atoms with Crippen molar-refractivity contribution in [2.45, 2.75) is 37.8 Å². The Hall–Kier alpha value is -1.73. The molecule has 1 saturated heterocycles. The van der Waals surface area contributed by atoms with Crippen LogP contribution in [-0.2, 0) is 4.79 Å². The van der Waals surface area contributed by atoms with Crippen molar-refractivity contribution in [3.05, 3.63) is 57.5 Å². The summed E-state index contributed by atoms with van der Waals surface area (Å²) in [7, 11) is 0. The summed E-state index contributed by atoms with van der Waals surface area (Å²) >= 11 is 20.4. The maximum Gasteiger partial charge on any atom is 0.222 e. The molecule has 0 atom stereocenters. The third-order valence-corrected chi connectivity index (χ3v) is 7.90. The number of carbonyl (C=O) groups is 1. The molecule has 0 unspecified atom stereocenters. The molecule has 3 aromatic rings. The number of halogens is 3. The first-order valence-electron chi connectivity index (χ1n) is 11.0. The number of thioether (sulfide) groups is 1. The van der Waals surface area contributed by atoms with Gasteiger partial charge in [-0.1, -0.05) is 65.6 Å². The summed E-state index contributed by atoms with van der Waals surface area (Å²) in [5, 5.41) is 11.1. The molecule has 4 rings (SSSR count). The fourth-order valence-electron chi connectivity index (χ4n) is 3.84. The predicted molar refractivity (Wildman–Crippen MR) is 137 cm³/mol. The SMILES string of the molecule is CC1CCN(C(=O)CCCSc2nnc(-c3ccccc3Cl)n2-c2ccc(Cl)c(Cl)c2)CC1. The largest absolute Gasteiger partial charge is 0.343 e. The van der Waals surface area contributed by atoms with Crippen LogP contribution in [0.25, 0.3) is 17.1 Å². The molecule has 33 heavy (non-hydrogen) atoms. The van der Waals surface area contributed by atoms with Crippen molar-refractivity contribution in [3.63, 3.8) is 0 Å². The highest BCUT2D eigenvalue weighted by molar-refractivity contribution is 7.99. The first-order chi connectivity index (χ1) is 15.9. The molecule has 0 aliphatic carbocycles. The normalized spacial score (nSPS) is 14.6. The van der Waals surface area contributed by atoms with Crippen molar-refractivity contribution >= 4 is 52.5 Å². The minimum Gasteiger partial charge on any atom is -0.343 e. The van der Waals surface area contributed by atoms with E-state index in [1.165, 1.54) is 0 Å². The van der Waals surface area contributed by atoms with Gasteiger partial charge in [-0.2, -0.15) is 0 Å². The van der Waals surface area contributed by atoms with E-state index in [9.17, 15) is 4.79 Å². The van der Waals surface area contributed by atoms with Crippen LogP contribution in [0.4, 0.5) is 0 Å². The van der Waals surface area contributed by atoms with Gasteiger partial charge in [-0.15, -0.1) is 10.2 Å². The van der Waals surface area contributed by atoms with Crippen molar-refractivity contribution in [2.75, 3.05) is 18.8 Å². The quantitative estimate of drug-likeness (QED) is 0.246. The molecular weight excluding hydrogens is 499 g/mol. The van der Waals surface area contributed by atoms with E-state index in [1.54, 1.807) is 23.9 Å². The number of likely N-dealkylation sites (tertiary alicyclic amines) is 1. The van der Waals surface area contributed by atoms with Gasteiger partial charge in [0.1, 0.15) is 0 Å². The summed E-state index contributed by atoms with van der Waals surface area (Å²) in [6, 6.07) is 12.9. The molecule has 174 valence electrons. The molecule has 0 bridgehead atoms. The van der Waals surface area contributed by atoms with Crippen LogP contribution in [0, 0.1) is 5.92 Å². The molecule has 2 heterocycles. The third-order valence-electron chi connectivity index (χ3n) is 5.81. The number of amides is 1. The lowest BCUT2D eigenvalue weighted by atomic mass is 9.99. The molecule has 1 amide bonds. The molecule has 0 spiro atoms. The highest BCUT2D eigenvalue weighted by Gasteiger charge is 2.21. The maximum absolute atomic E-state index is 12.5.